The van der Waals surface area contributed by atoms with E-state index in [9.17, 15) is 13.3 Å². The number of nitrogens with zero attached hydrogens (tertiary/aromatic N) is 1. The second-order valence-corrected chi connectivity index (χ2v) is 7.64. The van der Waals surface area contributed by atoms with Gasteiger partial charge in [-0.3, -0.25) is 0 Å². The van der Waals surface area contributed by atoms with E-state index in [-0.39, 0.29) is 13.2 Å². The maximum atomic E-state index is 11.1. The zero-order valence-corrected chi connectivity index (χ0v) is 10.3. The molecule has 0 rings (SSSR count). The molecule has 0 spiro atoms. The monoisotopic (exact) mass is 247 g/mol. The lowest BCUT2D eigenvalue weighted by Gasteiger charge is -2.25. The fourth-order valence-electron chi connectivity index (χ4n) is 0.833. The molecule has 0 saturated carbocycles. The summed E-state index contributed by atoms with van der Waals surface area (Å²) in [6, 6.07) is 0. The summed E-state index contributed by atoms with van der Waals surface area (Å²) in [5.74, 6) is 0. The van der Waals surface area contributed by atoms with E-state index in [1.165, 1.54) is 0 Å². The highest BCUT2D eigenvalue weighted by Gasteiger charge is 2.30. The summed E-state index contributed by atoms with van der Waals surface area (Å²) >= 11 is 4.70. The third-order valence-corrected chi connectivity index (χ3v) is 6.47. The van der Waals surface area contributed by atoms with E-state index in [1.54, 1.807) is 13.8 Å². The summed E-state index contributed by atoms with van der Waals surface area (Å²) in [5, 5.41) is 0. The molecule has 0 heterocycles. The Morgan fingerprint density at radius 2 is 2.00 bits per heavy atom. The first-order chi connectivity index (χ1) is 5.75. The van der Waals surface area contributed by atoms with Gasteiger partial charge in [0.1, 0.15) is 0 Å². The van der Waals surface area contributed by atoms with Gasteiger partial charge < -0.3 is 9.42 Å². The molecule has 0 aliphatic carbocycles. The molecule has 0 aliphatic rings. The van der Waals surface area contributed by atoms with Crippen LogP contribution < -0.4 is 0 Å². The van der Waals surface area contributed by atoms with E-state index >= 15 is 0 Å². The van der Waals surface area contributed by atoms with Crippen LogP contribution in [0, 0.1) is 0 Å². The van der Waals surface area contributed by atoms with Gasteiger partial charge in [-0.15, -0.1) is 4.08 Å². The van der Waals surface area contributed by atoms with Crippen molar-refractivity contribution in [2.75, 3.05) is 19.4 Å². The van der Waals surface area contributed by atoms with Crippen molar-refractivity contribution in [3.8, 4) is 0 Å². The Bertz CT molecular complexity index is 302. The third kappa shape index (κ3) is 4.01. The van der Waals surface area contributed by atoms with Crippen LogP contribution in [-0.4, -0.2) is 36.8 Å². The Hall–Kier alpha value is 0.480. The van der Waals surface area contributed by atoms with Crippen molar-refractivity contribution in [1.82, 2.24) is 4.08 Å². The molecule has 1 unspecified atom stereocenters. The van der Waals surface area contributed by atoms with E-state index in [0.29, 0.717) is 0 Å². The fraction of sp³-hybridized carbons (Fsp3) is 1.00. The summed E-state index contributed by atoms with van der Waals surface area (Å²) in [4.78, 5) is 9.56. The van der Waals surface area contributed by atoms with Crippen LogP contribution in [0.1, 0.15) is 13.8 Å². The highest BCUT2D eigenvalue weighted by atomic mass is 32.5. The maximum Gasteiger partial charge on any atom is 0.274 e. The third-order valence-electron chi connectivity index (χ3n) is 1.23. The number of sulfonamides is 1. The van der Waals surface area contributed by atoms with Crippen molar-refractivity contribution < 1.29 is 17.8 Å². The standard InChI is InChI=1S/C5H14NO4PS2/c1-4-6(13(3,8)9)11(7,12)10-5-2/h4-5H2,1-3H3,(H,7,12). The molecular formula is C5H14NO4PS2. The predicted octanol–water partition coefficient (Wildman–Crippen LogP) is 0.521. The molecule has 0 amide bonds. The molecule has 0 aromatic carbocycles. The average molecular weight is 247 g/mol. The molecule has 0 radical (unpaired) electrons. The van der Waals surface area contributed by atoms with Crippen LogP contribution in [0.5, 0.6) is 0 Å². The Morgan fingerprint density at radius 3 is 2.23 bits per heavy atom. The van der Waals surface area contributed by atoms with Crippen LogP contribution in [0.4, 0.5) is 0 Å². The summed E-state index contributed by atoms with van der Waals surface area (Å²) in [6.07, 6.45) is 0.993. The largest absolute Gasteiger partial charge is 0.333 e. The first-order valence-electron chi connectivity index (χ1n) is 3.71. The quantitative estimate of drug-likeness (QED) is 0.717. The lowest BCUT2D eigenvalue weighted by atomic mass is 10.8. The summed E-state index contributed by atoms with van der Waals surface area (Å²) in [7, 11) is -3.49. The van der Waals surface area contributed by atoms with E-state index in [0.717, 1.165) is 10.3 Å². The van der Waals surface area contributed by atoms with Crippen LogP contribution in [-0.2, 0) is 26.4 Å². The first kappa shape index (κ1) is 13.5. The SMILES string of the molecule is CCOP(O)(=S)N(CC)S(C)(=O)=O. The average Bonchev–Trinajstić information content (AvgIpc) is 1.83. The minimum atomic E-state index is -3.49. The van der Waals surface area contributed by atoms with Crippen molar-refractivity contribution in [3.05, 3.63) is 0 Å². The Balaban J connectivity index is 4.89. The molecule has 0 fully saturated rings. The van der Waals surface area contributed by atoms with Crippen molar-refractivity contribution >= 4 is 28.5 Å². The molecule has 13 heavy (non-hydrogen) atoms. The fourth-order valence-corrected chi connectivity index (χ4v) is 5.52. The van der Waals surface area contributed by atoms with E-state index in [4.69, 9.17) is 16.3 Å². The van der Waals surface area contributed by atoms with Crippen molar-refractivity contribution in [2.45, 2.75) is 13.8 Å². The Kier molecular flexibility index (Phi) is 4.99. The number of hydrogen-bond donors (Lipinski definition) is 1. The molecule has 0 aromatic rings. The summed E-state index contributed by atoms with van der Waals surface area (Å²) in [5.41, 5.74) is 0. The summed E-state index contributed by atoms with van der Waals surface area (Å²) < 4.78 is 27.9. The van der Waals surface area contributed by atoms with Crippen molar-refractivity contribution in [3.63, 3.8) is 0 Å². The zero-order valence-electron chi connectivity index (χ0n) is 7.80. The Labute approximate surface area is 84.0 Å². The van der Waals surface area contributed by atoms with Gasteiger partial charge in [0, 0.05) is 6.54 Å². The van der Waals surface area contributed by atoms with E-state index in [1.807, 2.05) is 0 Å². The Morgan fingerprint density at radius 1 is 1.54 bits per heavy atom. The van der Waals surface area contributed by atoms with Gasteiger partial charge in [-0.25, -0.2) is 8.42 Å². The lowest BCUT2D eigenvalue weighted by Crippen LogP contribution is -2.27. The molecule has 0 aliphatic heterocycles. The van der Waals surface area contributed by atoms with Gasteiger partial charge in [0.05, 0.1) is 12.9 Å². The highest BCUT2D eigenvalue weighted by molar-refractivity contribution is 8.13. The molecule has 5 nitrogen and oxygen atoms in total. The smallest absolute Gasteiger partial charge is 0.274 e. The molecule has 1 atom stereocenters. The number of hydrogen-bond acceptors (Lipinski definition) is 4. The van der Waals surface area contributed by atoms with Crippen LogP contribution in [0.15, 0.2) is 0 Å². The van der Waals surface area contributed by atoms with Crippen LogP contribution in [0.3, 0.4) is 0 Å². The molecule has 0 aromatic heterocycles. The first-order valence-corrected chi connectivity index (χ1v) is 8.18. The normalized spacial score (nSPS) is 17.3. The van der Waals surface area contributed by atoms with Crippen LogP contribution in [0.2, 0.25) is 0 Å². The van der Waals surface area contributed by atoms with Gasteiger partial charge in [-0.2, -0.15) is 0 Å². The molecule has 0 saturated heterocycles. The second kappa shape index (κ2) is 4.82. The van der Waals surface area contributed by atoms with Crippen LogP contribution >= 0.6 is 6.64 Å². The zero-order chi connectivity index (χ0) is 10.7. The molecule has 1 N–H and O–H groups in total. The lowest BCUT2D eigenvalue weighted by molar-refractivity contribution is 0.297. The highest BCUT2D eigenvalue weighted by Crippen LogP contribution is 2.47. The van der Waals surface area contributed by atoms with Gasteiger partial charge in [-0.05, 0) is 18.7 Å². The predicted molar refractivity (Wildman–Crippen MR) is 55.4 cm³/mol. The molecule has 8 heteroatoms. The maximum absolute atomic E-state index is 11.1. The summed E-state index contributed by atoms with van der Waals surface area (Å²) in [6.45, 7) is 0.207. The van der Waals surface area contributed by atoms with Crippen LogP contribution in [0.25, 0.3) is 0 Å². The van der Waals surface area contributed by atoms with Gasteiger partial charge in [-0.1, -0.05) is 6.92 Å². The topological polar surface area (TPSA) is 66.8 Å². The molecule has 0 bridgehead atoms. The minimum Gasteiger partial charge on any atom is -0.333 e. The van der Waals surface area contributed by atoms with Gasteiger partial charge in [0.25, 0.3) is 6.64 Å². The molecule has 80 valence electrons. The van der Waals surface area contributed by atoms with Crippen molar-refractivity contribution in [2.24, 2.45) is 0 Å². The van der Waals surface area contributed by atoms with E-state index < -0.39 is 16.7 Å². The van der Waals surface area contributed by atoms with Crippen molar-refractivity contribution in [1.29, 1.82) is 0 Å². The van der Waals surface area contributed by atoms with Gasteiger partial charge in [0.2, 0.25) is 10.0 Å². The van der Waals surface area contributed by atoms with Gasteiger partial charge >= 0.3 is 0 Å². The number of rotatable bonds is 5. The minimum absolute atomic E-state index is 0.118. The van der Waals surface area contributed by atoms with Gasteiger partial charge in [0.15, 0.2) is 0 Å². The molecular weight excluding hydrogens is 233 g/mol. The second-order valence-electron chi connectivity index (χ2n) is 2.31. The van der Waals surface area contributed by atoms with E-state index in [2.05, 4.69) is 0 Å².